The van der Waals surface area contributed by atoms with Gasteiger partial charge in [0.15, 0.2) is 5.60 Å². The summed E-state index contributed by atoms with van der Waals surface area (Å²) < 4.78 is 4.66. The van der Waals surface area contributed by atoms with E-state index in [-0.39, 0.29) is 0 Å². The highest BCUT2D eigenvalue weighted by molar-refractivity contribution is 5.78. The van der Waals surface area contributed by atoms with E-state index in [1.165, 1.54) is 20.5 Å². The van der Waals surface area contributed by atoms with Gasteiger partial charge in [-0.05, 0) is 32.2 Å². The van der Waals surface area contributed by atoms with Crippen LogP contribution in [0.4, 0.5) is 0 Å². The van der Waals surface area contributed by atoms with Crippen LogP contribution in [0.15, 0.2) is 0 Å². The average Bonchev–Trinajstić information content (AvgIpc) is 2.79. The van der Waals surface area contributed by atoms with E-state index in [9.17, 15) is 9.90 Å². The summed E-state index contributed by atoms with van der Waals surface area (Å²) >= 11 is 0. The number of rotatable bonds is 7. The van der Waals surface area contributed by atoms with E-state index in [1.807, 2.05) is 0 Å². The van der Waals surface area contributed by atoms with Gasteiger partial charge in [0.1, 0.15) is 0 Å². The third-order valence-corrected chi connectivity index (χ3v) is 3.42. The minimum atomic E-state index is -1.44. The van der Waals surface area contributed by atoms with Crippen LogP contribution in [-0.4, -0.2) is 60.9 Å². The number of esters is 1. The van der Waals surface area contributed by atoms with Crippen molar-refractivity contribution in [2.75, 3.05) is 33.3 Å². The molecule has 19 heavy (non-hydrogen) atoms. The van der Waals surface area contributed by atoms with Gasteiger partial charge in [0.05, 0.1) is 7.11 Å². The number of nitrogens with zero attached hydrogens (tertiary/aromatic N) is 1. The van der Waals surface area contributed by atoms with Crippen LogP contribution in [-0.2, 0) is 9.53 Å². The van der Waals surface area contributed by atoms with E-state index < -0.39 is 11.6 Å². The van der Waals surface area contributed by atoms with Crippen molar-refractivity contribution in [3.8, 4) is 0 Å². The van der Waals surface area contributed by atoms with Crippen LogP contribution in [0.3, 0.4) is 0 Å². The molecule has 0 aromatic heterocycles. The van der Waals surface area contributed by atoms with E-state index in [4.69, 9.17) is 0 Å². The SMILES string of the molecule is COC(=O)C(C)(O)CN(CC(C)C)CC1CCCN1. The third kappa shape index (κ3) is 5.47. The topological polar surface area (TPSA) is 61.8 Å². The third-order valence-electron chi connectivity index (χ3n) is 3.42. The fraction of sp³-hybridized carbons (Fsp3) is 0.929. The molecule has 0 radical (unpaired) electrons. The highest BCUT2D eigenvalue weighted by atomic mass is 16.5. The Morgan fingerprint density at radius 3 is 2.74 bits per heavy atom. The standard InChI is InChI=1S/C14H28N2O3/c1-11(2)8-16(9-12-6-5-7-15-12)10-14(3,18)13(17)19-4/h11-12,15,18H,5-10H2,1-4H3. The number of carbonyl (C=O) groups excluding carboxylic acids is 1. The minimum absolute atomic E-state index is 0.316. The Balaban J connectivity index is 2.59. The molecule has 2 N–H and O–H groups in total. The Morgan fingerprint density at radius 2 is 2.26 bits per heavy atom. The first-order chi connectivity index (χ1) is 8.85. The summed E-state index contributed by atoms with van der Waals surface area (Å²) in [5.41, 5.74) is -1.44. The normalized spacial score (nSPS) is 22.8. The van der Waals surface area contributed by atoms with Crippen molar-refractivity contribution in [3.63, 3.8) is 0 Å². The van der Waals surface area contributed by atoms with Crippen LogP contribution in [0, 0.1) is 5.92 Å². The number of ether oxygens (including phenoxy) is 1. The highest BCUT2D eigenvalue weighted by Gasteiger charge is 2.34. The number of aliphatic hydroxyl groups is 1. The van der Waals surface area contributed by atoms with Crippen molar-refractivity contribution >= 4 is 5.97 Å². The molecule has 1 heterocycles. The molecule has 0 amide bonds. The molecule has 1 rings (SSSR count). The molecule has 0 aromatic carbocycles. The molecule has 0 aromatic rings. The van der Waals surface area contributed by atoms with Gasteiger partial charge in [-0.25, -0.2) is 4.79 Å². The number of hydrogen-bond acceptors (Lipinski definition) is 5. The molecule has 0 saturated carbocycles. The lowest BCUT2D eigenvalue weighted by Crippen LogP contribution is -2.51. The van der Waals surface area contributed by atoms with E-state index in [0.29, 0.717) is 18.5 Å². The molecule has 5 heteroatoms. The maximum Gasteiger partial charge on any atom is 0.338 e. The second-order valence-electron chi connectivity index (χ2n) is 6.15. The molecule has 2 atom stereocenters. The van der Waals surface area contributed by atoms with Crippen molar-refractivity contribution in [2.24, 2.45) is 5.92 Å². The van der Waals surface area contributed by atoms with Gasteiger partial charge in [0.2, 0.25) is 0 Å². The first-order valence-electron chi connectivity index (χ1n) is 7.11. The predicted octanol–water partition coefficient (Wildman–Crippen LogP) is 0.620. The molecule has 0 spiro atoms. The van der Waals surface area contributed by atoms with Gasteiger partial charge in [0, 0.05) is 25.7 Å². The molecule has 1 aliphatic rings. The molecule has 0 bridgehead atoms. The molecule has 1 fully saturated rings. The van der Waals surface area contributed by atoms with E-state index >= 15 is 0 Å². The highest BCUT2D eigenvalue weighted by Crippen LogP contribution is 2.14. The van der Waals surface area contributed by atoms with Gasteiger partial charge in [-0.1, -0.05) is 13.8 Å². The maximum atomic E-state index is 11.6. The first kappa shape index (κ1) is 16.4. The van der Waals surface area contributed by atoms with Gasteiger partial charge >= 0.3 is 5.97 Å². The summed E-state index contributed by atoms with van der Waals surface area (Å²) in [5.74, 6) is -0.0736. The first-order valence-corrected chi connectivity index (χ1v) is 7.11. The Kier molecular flexibility index (Phi) is 6.23. The molecule has 2 unspecified atom stereocenters. The van der Waals surface area contributed by atoms with Crippen molar-refractivity contribution in [3.05, 3.63) is 0 Å². The van der Waals surface area contributed by atoms with E-state index in [1.54, 1.807) is 0 Å². The van der Waals surface area contributed by atoms with Gasteiger partial charge in [-0.2, -0.15) is 0 Å². The number of methoxy groups -OCH3 is 1. The summed E-state index contributed by atoms with van der Waals surface area (Å²) in [6.07, 6.45) is 2.36. The lowest BCUT2D eigenvalue weighted by atomic mass is 10.0. The predicted molar refractivity (Wildman–Crippen MR) is 74.9 cm³/mol. The number of carbonyl (C=O) groups is 1. The van der Waals surface area contributed by atoms with Gasteiger partial charge in [0.25, 0.3) is 0 Å². The fourth-order valence-electron chi connectivity index (χ4n) is 2.66. The monoisotopic (exact) mass is 272 g/mol. The van der Waals surface area contributed by atoms with Crippen LogP contribution in [0.2, 0.25) is 0 Å². The molecule has 1 saturated heterocycles. The summed E-state index contributed by atoms with van der Waals surface area (Å²) in [4.78, 5) is 13.7. The lowest BCUT2D eigenvalue weighted by molar-refractivity contribution is -0.162. The van der Waals surface area contributed by atoms with Crippen LogP contribution in [0.25, 0.3) is 0 Å². The van der Waals surface area contributed by atoms with Gasteiger partial charge in [-0.15, -0.1) is 0 Å². The van der Waals surface area contributed by atoms with Crippen LogP contribution < -0.4 is 5.32 Å². The quantitative estimate of drug-likeness (QED) is 0.665. The Bertz CT molecular complexity index is 286. The molecular formula is C14H28N2O3. The minimum Gasteiger partial charge on any atom is -0.467 e. The summed E-state index contributed by atoms with van der Waals surface area (Å²) in [6.45, 7) is 8.92. The zero-order chi connectivity index (χ0) is 14.5. The molecule has 1 aliphatic heterocycles. The van der Waals surface area contributed by atoms with Gasteiger partial charge in [-0.3, -0.25) is 4.90 Å². The van der Waals surface area contributed by atoms with Gasteiger partial charge < -0.3 is 15.2 Å². The van der Waals surface area contributed by atoms with Crippen LogP contribution >= 0.6 is 0 Å². The summed E-state index contributed by atoms with van der Waals surface area (Å²) in [6, 6.07) is 0.465. The van der Waals surface area contributed by atoms with Crippen molar-refractivity contribution in [2.45, 2.75) is 45.3 Å². The zero-order valence-corrected chi connectivity index (χ0v) is 12.6. The van der Waals surface area contributed by atoms with E-state index in [2.05, 4.69) is 28.8 Å². The molecule has 5 nitrogen and oxygen atoms in total. The van der Waals surface area contributed by atoms with Crippen LogP contribution in [0.1, 0.15) is 33.6 Å². The average molecular weight is 272 g/mol. The fourth-order valence-corrected chi connectivity index (χ4v) is 2.66. The smallest absolute Gasteiger partial charge is 0.338 e. The Hall–Kier alpha value is -0.650. The van der Waals surface area contributed by atoms with E-state index in [0.717, 1.165) is 26.1 Å². The second-order valence-corrected chi connectivity index (χ2v) is 6.15. The largest absolute Gasteiger partial charge is 0.467 e. The van der Waals surface area contributed by atoms with Crippen LogP contribution in [0.5, 0.6) is 0 Å². The Morgan fingerprint density at radius 1 is 1.58 bits per heavy atom. The van der Waals surface area contributed by atoms with Crippen molar-refractivity contribution in [1.29, 1.82) is 0 Å². The molecular weight excluding hydrogens is 244 g/mol. The van der Waals surface area contributed by atoms with Crippen molar-refractivity contribution < 1.29 is 14.6 Å². The summed E-state index contributed by atoms with van der Waals surface area (Å²) in [7, 11) is 1.31. The summed E-state index contributed by atoms with van der Waals surface area (Å²) in [5, 5.41) is 13.7. The maximum absolute atomic E-state index is 11.6. The number of nitrogens with one attached hydrogen (secondary N) is 1. The Labute approximate surface area is 116 Å². The second kappa shape index (κ2) is 7.22. The molecule has 0 aliphatic carbocycles. The lowest BCUT2D eigenvalue weighted by Gasteiger charge is -2.32. The number of hydrogen-bond donors (Lipinski definition) is 2. The molecule has 112 valence electrons. The zero-order valence-electron chi connectivity index (χ0n) is 12.6. The van der Waals surface area contributed by atoms with Crippen molar-refractivity contribution in [1.82, 2.24) is 10.2 Å².